The van der Waals surface area contributed by atoms with Gasteiger partial charge in [0.25, 0.3) is 5.91 Å². The Labute approximate surface area is 173 Å². The van der Waals surface area contributed by atoms with Gasteiger partial charge in [0.05, 0.1) is 27.9 Å². The number of fused-ring (bicyclic) bond motifs is 1. The van der Waals surface area contributed by atoms with E-state index in [0.717, 1.165) is 50.9 Å². The van der Waals surface area contributed by atoms with Gasteiger partial charge in [-0.25, -0.2) is 4.98 Å². The maximum absolute atomic E-state index is 13.2. The van der Waals surface area contributed by atoms with Gasteiger partial charge in [0.1, 0.15) is 5.01 Å². The summed E-state index contributed by atoms with van der Waals surface area (Å²) in [6.07, 6.45) is 2.54. The number of ether oxygens (including phenoxy) is 1. The molecule has 0 radical (unpaired) electrons. The van der Waals surface area contributed by atoms with Crippen LogP contribution in [0.15, 0.2) is 53.4 Å². The van der Waals surface area contributed by atoms with Crippen LogP contribution in [0.1, 0.15) is 41.2 Å². The maximum atomic E-state index is 13.2. The molecule has 3 aromatic rings. The minimum absolute atomic E-state index is 0.0298. The summed E-state index contributed by atoms with van der Waals surface area (Å²) in [4.78, 5) is 20.8. The standard InChI is InChI=1S/C22H24N2O2S2/c1-15(21-23-18-10-4-6-12-20(18)28-21)24(2)22(25)17-9-3-5-11-19(17)27-14-16-8-7-13-26-16/h3-6,9-12,15-16H,7-8,13-14H2,1-2H3/t15-,16+/m1/s1. The summed E-state index contributed by atoms with van der Waals surface area (Å²) >= 11 is 3.37. The molecule has 4 rings (SSSR count). The molecule has 0 N–H and O–H groups in total. The summed E-state index contributed by atoms with van der Waals surface area (Å²) < 4.78 is 6.87. The lowest BCUT2D eigenvalue weighted by molar-refractivity contribution is 0.0739. The number of thiazole rings is 1. The number of para-hydroxylation sites is 1. The van der Waals surface area contributed by atoms with Crippen molar-refractivity contribution >= 4 is 39.2 Å². The van der Waals surface area contributed by atoms with E-state index in [1.54, 1.807) is 28.0 Å². The van der Waals surface area contributed by atoms with E-state index in [9.17, 15) is 4.79 Å². The predicted octanol–water partition coefficient (Wildman–Crippen LogP) is 5.40. The van der Waals surface area contributed by atoms with Crippen LogP contribution in [0.4, 0.5) is 0 Å². The van der Waals surface area contributed by atoms with Crippen LogP contribution < -0.4 is 0 Å². The first-order chi connectivity index (χ1) is 13.6. The number of hydrogen-bond donors (Lipinski definition) is 0. The van der Waals surface area contributed by atoms with Gasteiger partial charge in [0.2, 0.25) is 0 Å². The molecule has 2 heterocycles. The van der Waals surface area contributed by atoms with Gasteiger partial charge in [-0.1, -0.05) is 24.3 Å². The van der Waals surface area contributed by atoms with Crippen molar-refractivity contribution in [2.24, 2.45) is 0 Å². The van der Waals surface area contributed by atoms with Gasteiger partial charge in [0, 0.05) is 24.3 Å². The van der Waals surface area contributed by atoms with Crippen molar-refractivity contribution in [3.8, 4) is 0 Å². The summed E-state index contributed by atoms with van der Waals surface area (Å²) in [5, 5.41) is 0.960. The molecule has 1 fully saturated rings. The van der Waals surface area contributed by atoms with E-state index in [1.807, 2.05) is 56.4 Å². The number of carbonyl (C=O) groups excluding carboxylic acids is 1. The molecule has 0 saturated carbocycles. The first-order valence-electron chi connectivity index (χ1n) is 9.59. The fourth-order valence-corrected chi connectivity index (χ4v) is 5.50. The number of amides is 1. The smallest absolute Gasteiger partial charge is 0.255 e. The quantitative estimate of drug-likeness (QED) is 0.508. The lowest BCUT2D eigenvalue weighted by Gasteiger charge is -2.24. The Bertz CT molecular complexity index is 933. The van der Waals surface area contributed by atoms with Crippen LogP contribution in [0, 0.1) is 0 Å². The van der Waals surface area contributed by atoms with Crippen molar-refractivity contribution in [1.82, 2.24) is 9.88 Å². The maximum Gasteiger partial charge on any atom is 0.255 e. The van der Waals surface area contributed by atoms with Crippen LogP contribution >= 0.6 is 23.1 Å². The fraction of sp³-hybridized carbons (Fsp3) is 0.364. The van der Waals surface area contributed by atoms with Crippen molar-refractivity contribution in [1.29, 1.82) is 0 Å². The normalized spacial score (nSPS) is 17.7. The van der Waals surface area contributed by atoms with Crippen LogP contribution in [0.5, 0.6) is 0 Å². The number of aromatic nitrogens is 1. The molecular formula is C22H24N2O2S2. The second kappa shape index (κ2) is 8.64. The van der Waals surface area contributed by atoms with Crippen molar-refractivity contribution in [2.75, 3.05) is 19.4 Å². The minimum Gasteiger partial charge on any atom is -0.377 e. The topological polar surface area (TPSA) is 42.4 Å². The Morgan fingerprint density at radius 1 is 1.29 bits per heavy atom. The first-order valence-corrected chi connectivity index (χ1v) is 11.4. The highest BCUT2D eigenvalue weighted by Crippen LogP contribution is 2.32. The monoisotopic (exact) mass is 412 g/mol. The lowest BCUT2D eigenvalue weighted by atomic mass is 10.2. The fourth-order valence-electron chi connectivity index (χ4n) is 3.33. The summed E-state index contributed by atoms with van der Waals surface area (Å²) in [6, 6.07) is 15.9. The van der Waals surface area contributed by atoms with Crippen molar-refractivity contribution in [2.45, 2.75) is 36.8 Å². The molecular weight excluding hydrogens is 388 g/mol. The second-order valence-corrected chi connectivity index (χ2v) is 9.18. The Morgan fingerprint density at radius 2 is 2.07 bits per heavy atom. The van der Waals surface area contributed by atoms with E-state index < -0.39 is 0 Å². The Morgan fingerprint density at radius 3 is 2.86 bits per heavy atom. The molecule has 2 aromatic carbocycles. The van der Waals surface area contributed by atoms with Gasteiger partial charge in [-0.2, -0.15) is 0 Å². The molecule has 28 heavy (non-hydrogen) atoms. The molecule has 6 heteroatoms. The van der Waals surface area contributed by atoms with Gasteiger partial charge in [0.15, 0.2) is 0 Å². The Kier molecular flexibility index (Phi) is 5.99. The van der Waals surface area contributed by atoms with E-state index in [4.69, 9.17) is 9.72 Å². The minimum atomic E-state index is -0.0823. The van der Waals surface area contributed by atoms with E-state index in [1.165, 1.54) is 0 Å². The van der Waals surface area contributed by atoms with Crippen LogP contribution in [-0.4, -0.2) is 41.3 Å². The number of nitrogens with zero attached hydrogens (tertiary/aromatic N) is 2. The molecule has 0 bridgehead atoms. The van der Waals surface area contributed by atoms with Crippen LogP contribution in [0.25, 0.3) is 10.2 Å². The predicted molar refractivity (Wildman–Crippen MR) is 116 cm³/mol. The third kappa shape index (κ3) is 4.09. The van der Waals surface area contributed by atoms with Gasteiger partial charge in [-0.15, -0.1) is 23.1 Å². The number of carbonyl (C=O) groups is 1. The average molecular weight is 413 g/mol. The molecule has 146 valence electrons. The van der Waals surface area contributed by atoms with E-state index >= 15 is 0 Å². The Balaban J connectivity index is 1.51. The van der Waals surface area contributed by atoms with Crippen molar-refractivity contribution in [3.05, 3.63) is 59.1 Å². The molecule has 2 atom stereocenters. The van der Waals surface area contributed by atoms with Crippen LogP contribution in [-0.2, 0) is 4.74 Å². The molecule has 0 unspecified atom stereocenters. The third-order valence-corrected chi connectivity index (χ3v) is 7.55. The molecule has 1 aliphatic heterocycles. The number of rotatable bonds is 6. The van der Waals surface area contributed by atoms with Crippen LogP contribution in [0.2, 0.25) is 0 Å². The van der Waals surface area contributed by atoms with Gasteiger partial charge < -0.3 is 9.64 Å². The zero-order valence-electron chi connectivity index (χ0n) is 16.1. The summed E-state index contributed by atoms with van der Waals surface area (Å²) in [5.74, 6) is 0.920. The van der Waals surface area contributed by atoms with Gasteiger partial charge in [-0.05, 0) is 44.0 Å². The molecule has 1 saturated heterocycles. The van der Waals surface area contributed by atoms with E-state index in [2.05, 4.69) is 6.07 Å². The highest BCUT2D eigenvalue weighted by molar-refractivity contribution is 7.99. The highest BCUT2D eigenvalue weighted by Gasteiger charge is 2.24. The second-order valence-electron chi connectivity index (χ2n) is 7.05. The van der Waals surface area contributed by atoms with Gasteiger partial charge in [-0.3, -0.25) is 4.79 Å². The summed E-state index contributed by atoms with van der Waals surface area (Å²) in [6.45, 7) is 2.89. The SMILES string of the molecule is C[C@H](c1nc2ccccc2s1)N(C)C(=O)c1ccccc1SC[C@@H]1CCCO1. The third-order valence-electron chi connectivity index (χ3n) is 5.14. The van der Waals surface area contributed by atoms with E-state index in [0.29, 0.717) is 6.10 Å². The molecule has 1 aliphatic rings. The number of hydrogen-bond acceptors (Lipinski definition) is 5. The molecule has 4 nitrogen and oxygen atoms in total. The number of benzene rings is 2. The lowest BCUT2D eigenvalue weighted by Crippen LogP contribution is -2.30. The van der Waals surface area contributed by atoms with Gasteiger partial charge >= 0.3 is 0 Å². The molecule has 1 aromatic heterocycles. The first kappa shape index (κ1) is 19.4. The Hall–Kier alpha value is -1.89. The van der Waals surface area contributed by atoms with Crippen molar-refractivity contribution < 1.29 is 9.53 Å². The highest BCUT2D eigenvalue weighted by atomic mass is 32.2. The van der Waals surface area contributed by atoms with Crippen molar-refractivity contribution in [3.63, 3.8) is 0 Å². The zero-order valence-corrected chi connectivity index (χ0v) is 17.8. The molecule has 1 amide bonds. The number of thioether (sulfide) groups is 1. The summed E-state index contributed by atoms with van der Waals surface area (Å²) in [7, 11) is 1.86. The average Bonchev–Trinajstić information content (AvgIpc) is 3.40. The van der Waals surface area contributed by atoms with E-state index in [-0.39, 0.29) is 11.9 Å². The summed E-state index contributed by atoms with van der Waals surface area (Å²) in [5.41, 5.74) is 1.74. The van der Waals surface area contributed by atoms with Crippen LogP contribution in [0.3, 0.4) is 0 Å². The molecule has 0 aliphatic carbocycles. The largest absolute Gasteiger partial charge is 0.377 e. The zero-order chi connectivity index (χ0) is 19.5. The molecule has 0 spiro atoms.